The highest BCUT2D eigenvalue weighted by molar-refractivity contribution is 5.51. The van der Waals surface area contributed by atoms with Crippen LogP contribution in [0.3, 0.4) is 0 Å². The lowest BCUT2D eigenvalue weighted by molar-refractivity contribution is 0.367. The average Bonchev–Trinajstić information content (AvgIpc) is 2.81. The molecular formula is C14H23FN4. The number of hydrogen-bond acceptors (Lipinski definition) is 3. The fourth-order valence-corrected chi connectivity index (χ4v) is 1.53. The lowest BCUT2D eigenvalue weighted by atomic mass is 10.3. The molecule has 0 aliphatic rings. The largest absolute Gasteiger partial charge is 0.372 e. The molecule has 0 aromatic carbocycles. The van der Waals surface area contributed by atoms with Crippen LogP contribution in [0.25, 0.3) is 5.65 Å². The zero-order chi connectivity index (χ0) is 15.0. The summed E-state index contributed by atoms with van der Waals surface area (Å²) < 4.78 is 15.1. The topological polar surface area (TPSA) is 42.2 Å². The van der Waals surface area contributed by atoms with Gasteiger partial charge in [-0.25, -0.2) is 14.4 Å². The first-order valence-corrected chi connectivity index (χ1v) is 6.30. The molecule has 1 N–H and O–H groups in total. The first-order valence-electron chi connectivity index (χ1n) is 6.30. The zero-order valence-electron chi connectivity index (χ0n) is 12.4. The highest BCUT2D eigenvalue weighted by Crippen LogP contribution is 2.21. The molecule has 1 unspecified atom stereocenters. The Kier molecular flexibility index (Phi) is 7.41. The van der Waals surface area contributed by atoms with Gasteiger partial charge >= 0.3 is 0 Å². The van der Waals surface area contributed by atoms with Crippen molar-refractivity contribution in [3.63, 3.8) is 0 Å². The van der Waals surface area contributed by atoms with Crippen LogP contribution in [0.15, 0.2) is 25.6 Å². The molecule has 2 aromatic heterocycles. The molecule has 0 amide bonds. The first-order chi connectivity index (χ1) is 9.11. The minimum Gasteiger partial charge on any atom is -0.372 e. The summed E-state index contributed by atoms with van der Waals surface area (Å²) in [6.07, 6.45) is 2.52. The van der Waals surface area contributed by atoms with Gasteiger partial charge in [0.1, 0.15) is 17.7 Å². The molecule has 5 heteroatoms. The summed E-state index contributed by atoms with van der Waals surface area (Å²) in [4.78, 5) is 8.41. The lowest BCUT2D eigenvalue weighted by Gasteiger charge is -2.06. The van der Waals surface area contributed by atoms with Crippen molar-refractivity contribution in [3.8, 4) is 0 Å². The summed E-state index contributed by atoms with van der Waals surface area (Å²) >= 11 is 0. The van der Waals surface area contributed by atoms with E-state index in [1.165, 1.54) is 6.92 Å². The molecular weight excluding hydrogens is 243 g/mol. The summed E-state index contributed by atoms with van der Waals surface area (Å²) in [5, 5.41) is 2.90. The minimum atomic E-state index is -1.12. The van der Waals surface area contributed by atoms with Crippen molar-refractivity contribution in [3.05, 3.63) is 36.9 Å². The number of hydrogen-bond donors (Lipinski definition) is 1. The van der Waals surface area contributed by atoms with Gasteiger partial charge in [0, 0.05) is 13.2 Å². The highest BCUT2D eigenvalue weighted by atomic mass is 19.1. The summed E-state index contributed by atoms with van der Waals surface area (Å²) in [5.74, 6) is 0.638. The number of aromatic nitrogens is 3. The first kappa shape index (κ1) is 17.1. The number of halogens is 1. The third-order valence-corrected chi connectivity index (χ3v) is 2.22. The Bertz CT molecular complexity index is 505. The van der Waals surface area contributed by atoms with Crippen molar-refractivity contribution >= 4 is 11.5 Å². The van der Waals surface area contributed by atoms with E-state index < -0.39 is 6.17 Å². The molecule has 0 saturated heterocycles. The van der Waals surface area contributed by atoms with Gasteiger partial charge < -0.3 is 9.72 Å². The van der Waals surface area contributed by atoms with Crippen molar-refractivity contribution < 1.29 is 4.39 Å². The molecule has 19 heavy (non-hydrogen) atoms. The van der Waals surface area contributed by atoms with E-state index in [2.05, 4.69) is 28.4 Å². The van der Waals surface area contributed by atoms with E-state index in [0.29, 0.717) is 17.2 Å². The van der Waals surface area contributed by atoms with E-state index in [1.807, 2.05) is 27.0 Å². The number of aryl methyl sites for hydroxylation is 1. The van der Waals surface area contributed by atoms with E-state index in [-0.39, 0.29) is 0 Å². The van der Waals surface area contributed by atoms with E-state index in [9.17, 15) is 4.39 Å². The lowest BCUT2D eigenvalue weighted by Crippen LogP contribution is -2.02. The van der Waals surface area contributed by atoms with Crippen LogP contribution in [0.4, 0.5) is 10.2 Å². The van der Waals surface area contributed by atoms with Crippen LogP contribution >= 0.6 is 0 Å². The van der Waals surface area contributed by atoms with E-state index in [1.54, 1.807) is 17.6 Å². The molecule has 4 nitrogen and oxygen atoms in total. The molecule has 2 heterocycles. The summed E-state index contributed by atoms with van der Waals surface area (Å²) in [6, 6.07) is 0. The minimum absolute atomic E-state index is 0.370. The van der Waals surface area contributed by atoms with Crippen LogP contribution in [0, 0.1) is 6.92 Å². The van der Waals surface area contributed by atoms with Crippen molar-refractivity contribution in [1.82, 2.24) is 14.4 Å². The Labute approximate surface area is 114 Å². The van der Waals surface area contributed by atoms with Crippen LogP contribution in [-0.4, -0.2) is 21.4 Å². The third-order valence-electron chi connectivity index (χ3n) is 2.22. The number of fused-ring (bicyclic) bond motifs is 1. The van der Waals surface area contributed by atoms with Crippen molar-refractivity contribution in [2.75, 3.05) is 12.4 Å². The normalized spacial score (nSPS) is 10.8. The number of nitrogens with one attached hydrogen (secondary N) is 1. The second kappa shape index (κ2) is 8.24. The van der Waals surface area contributed by atoms with Gasteiger partial charge in [-0.3, -0.25) is 0 Å². The molecule has 0 aliphatic carbocycles. The monoisotopic (exact) mass is 266 g/mol. The second-order valence-corrected chi connectivity index (χ2v) is 3.49. The van der Waals surface area contributed by atoms with Gasteiger partial charge in [-0.1, -0.05) is 13.8 Å². The van der Waals surface area contributed by atoms with Gasteiger partial charge in [0.25, 0.3) is 0 Å². The predicted molar refractivity (Wildman–Crippen MR) is 79.4 cm³/mol. The van der Waals surface area contributed by atoms with Crippen molar-refractivity contribution in [2.45, 2.75) is 33.9 Å². The summed E-state index contributed by atoms with van der Waals surface area (Å²) in [5.41, 5.74) is 1.81. The SMILES string of the molecule is C=C.CC.CNc1cn2cc(C)nc2c(C(C)F)n1. The number of imidazole rings is 1. The molecule has 0 spiro atoms. The highest BCUT2D eigenvalue weighted by Gasteiger charge is 2.13. The molecule has 106 valence electrons. The zero-order valence-corrected chi connectivity index (χ0v) is 12.4. The summed E-state index contributed by atoms with van der Waals surface area (Å²) in [7, 11) is 1.75. The van der Waals surface area contributed by atoms with Gasteiger partial charge in [0.15, 0.2) is 5.65 Å². The Morgan fingerprint density at radius 1 is 1.26 bits per heavy atom. The number of rotatable bonds is 2. The van der Waals surface area contributed by atoms with Gasteiger partial charge in [0.2, 0.25) is 0 Å². The molecule has 0 fully saturated rings. The standard InChI is InChI=1S/C10H13FN4.C2H6.C2H4/c1-6-4-15-5-8(12-3)14-9(7(2)11)10(15)13-6;2*1-2/h4-5,7,12H,1-3H3;1-2H3;1-2H2. The van der Waals surface area contributed by atoms with Crippen molar-refractivity contribution in [2.24, 2.45) is 0 Å². The quantitative estimate of drug-likeness (QED) is 0.837. The van der Waals surface area contributed by atoms with Gasteiger partial charge in [0.05, 0.1) is 11.9 Å². The second-order valence-electron chi connectivity index (χ2n) is 3.49. The Hall–Kier alpha value is -1.91. The molecule has 0 saturated carbocycles. The molecule has 0 radical (unpaired) electrons. The van der Waals surface area contributed by atoms with Gasteiger partial charge in [-0.15, -0.1) is 13.2 Å². The summed E-state index contributed by atoms with van der Waals surface area (Å²) in [6.45, 7) is 13.3. The molecule has 2 aromatic rings. The van der Waals surface area contributed by atoms with Crippen LogP contribution in [0.2, 0.25) is 0 Å². The van der Waals surface area contributed by atoms with Gasteiger partial charge in [-0.2, -0.15) is 0 Å². The molecule has 1 atom stereocenters. The molecule has 2 rings (SSSR count). The van der Waals surface area contributed by atoms with Crippen molar-refractivity contribution in [1.29, 1.82) is 0 Å². The number of alkyl halides is 1. The van der Waals surface area contributed by atoms with E-state index in [4.69, 9.17) is 0 Å². The maximum atomic E-state index is 13.3. The molecule has 0 aliphatic heterocycles. The third kappa shape index (κ3) is 4.05. The van der Waals surface area contributed by atoms with Crippen LogP contribution in [0.1, 0.15) is 38.3 Å². The Morgan fingerprint density at radius 3 is 2.32 bits per heavy atom. The van der Waals surface area contributed by atoms with Crippen LogP contribution in [-0.2, 0) is 0 Å². The maximum absolute atomic E-state index is 13.3. The predicted octanol–water partition coefficient (Wildman–Crippen LogP) is 3.94. The fraction of sp³-hybridized carbons (Fsp3) is 0.429. The van der Waals surface area contributed by atoms with Crippen LogP contribution in [0.5, 0.6) is 0 Å². The maximum Gasteiger partial charge on any atom is 0.162 e. The Balaban J connectivity index is 0.000000741. The van der Waals surface area contributed by atoms with E-state index >= 15 is 0 Å². The van der Waals surface area contributed by atoms with Crippen LogP contribution < -0.4 is 5.32 Å². The average molecular weight is 266 g/mol. The van der Waals surface area contributed by atoms with Gasteiger partial charge in [-0.05, 0) is 13.8 Å². The molecule has 0 bridgehead atoms. The smallest absolute Gasteiger partial charge is 0.162 e. The van der Waals surface area contributed by atoms with E-state index in [0.717, 1.165) is 5.69 Å². The fourth-order valence-electron chi connectivity index (χ4n) is 1.53. The number of nitrogens with zero attached hydrogens (tertiary/aromatic N) is 3. The number of anilines is 1. The Morgan fingerprint density at radius 2 is 1.84 bits per heavy atom.